The molecule has 5 aromatic rings. The van der Waals surface area contributed by atoms with Crippen molar-refractivity contribution in [2.45, 2.75) is 0 Å². The molecule has 6 heteroatoms. The number of aliphatic imine (C=N–C) groups is 1. The van der Waals surface area contributed by atoms with Gasteiger partial charge in [-0.25, -0.2) is 4.99 Å². The van der Waals surface area contributed by atoms with Crippen LogP contribution in [0.4, 0.5) is 5.88 Å². The molecule has 0 saturated carbocycles. The molecule has 0 bridgehead atoms. The maximum Gasteiger partial charge on any atom is 0.238 e. The van der Waals surface area contributed by atoms with Gasteiger partial charge in [0, 0.05) is 16.7 Å². The van der Waals surface area contributed by atoms with E-state index in [1.54, 1.807) is 24.3 Å². The van der Waals surface area contributed by atoms with Gasteiger partial charge in [-0.15, -0.1) is 0 Å². The van der Waals surface area contributed by atoms with Crippen LogP contribution in [0.5, 0.6) is 0 Å². The standard InChI is InChI=1S/C28H16Cl2N2O2/c29-23-13-7-12-21(26(23)30)24-15-14-20(33-24)17-32-28-22(16-31)25(18-8-3-1-4-9-18)27(34-28)19-10-5-2-6-11-19/h1-15,17H. The second-order valence-electron chi connectivity index (χ2n) is 7.39. The molecule has 164 valence electrons. The van der Waals surface area contributed by atoms with Crippen molar-refractivity contribution in [3.63, 3.8) is 0 Å². The van der Waals surface area contributed by atoms with Crippen molar-refractivity contribution in [1.82, 2.24) is 0 Å². The Morgan fingerprint density at radius 1 is 0.765 bits per heavy atom. The minimum atomic E-state index is 0.207. The average molecular weight is 483 g/mol. The minimum absolute atomic E-state index is 0.207. The normalized spacial score (nSPS) is 11.1. The first-order chi connectivity index (χ1) is 16.7. The highest BCUT2D eigenvalue weighted by atomic mass is 35.5. The Morgan fingerprint density at radius 2 is 1.47 bits per heavy atom. The van der Waals surface area contributed by atoms with Crippen LogP contribution in [0.25, 0.3) is 33.8 Å². The summed E-state index contributed by atoms with van der Waals surface area (Å²) in [5.74, 6) is 1.83. The Morgan fingerprint density at radius 3 is 2.18 bits per heavy atom. The summed E-state index contributed by atoms with van der Waals surface area (Å²) < 4.78 is 12.0. The fourth-order valence-corrected chi connectivity index (χ4v) is 4.06. The van der Waals surface area contributed by atoms with Crippen molar-refractivity contribution >= 4 is 35.3 Å². The van der Waals surface area contributed by atoms with Gasteiger partial charge < -0.3 is 8.83 Å². The molecule has 0 amide bonds. The molecule has 0 aliphatic heterocycles. The second kappa shape index (κ2) is 9.44. The molecule has 2 aromatic heterocycles. The van der Waals surface area contributed by atoms with Gasteiger partial charge in [-0.2, -0.15) is 5.26 Å². The lowest BCUT2D eigenvalue weighted by Crippen LogP contribution is -1.83. The van der Waals surface area contributed by atoms with Gasteiger partial charge in [0.15, 0.2) is 0 Å². The topological polar surface area (TPSA) is 62.4 Å². The molecule has 0 fully saturated rings. The van der Waals surface area contributed by atoms with Crippen molar-refractivity contribution in [3.8, 4) is 39.8 Å². The molecule has 0 unspecified atom stereocenters. The van der Waals surface area contributed by atoms with Crippen LogP contribution in [-0.2, 0) is 0 Å². The monoisotopic (exact) mass is 482 g/mol. The summed E-state index contributed by atoms with van der Waals surface area (Å²) in [5.41, 5.74) is 3.47. The minimum Gasteiger partial charge on any atom is -0.455 e. The Hall–Kier alpha value is -4.04. The van der Waals surface area contributed by atoms with Gasteiger partial charge in [-0.1, -0.05) is 89.9 Å². The summed E-state index contributed by atoms with van der Waals surface area (Å²) in [4.78, 5) is 4.46. The zero-order valence-electron chi connectivity index (χ0n) is 17.7. The van der Waals surface area contributed by atoms with Gasteiger partial charge in [0.05, 0.1) is 16.3 Å². The van der Waals surface area contributed by atoms with Crippen LogP contribution in [-0.4, -0.2) is 6.21 Å². The lowest BCUT2D eigenvalue weighted by molar-refractivity contribution is 0.572. The van der Waals surface area contributed by atoms with E-state index in [9.17, 15) is 5.26 Å². The smallest absolute Gasteiger partial charge is 0.238 e. The number of furan rings is 2. The third-order valence-electron chi connectivity index (χ3n) is 5.25. The van der Waals surface area contributed by atoms with Gasteiger partial charge in [0.25, 0.3) is 0 Å². The summed E-state index contributed by atoms with van der Waals surface area (Å²) in [5, 5.41) is 10.9. The SMILES string of the molecule is N#Cc1c(N=Cc2ccc(-c3cccc(Cl)c3Cl)o2)oc(-c2ccccc2)c1-c1ccccc1. The fraction of sp³-hybridized carbons (Fsp3) is 0. The Balaban J connectivity index is 1.56. The Kier molecular flexibility index (Phi) is 6.05. The first kappa shape index (κ1) is 21.8. The third kappa shape index (κ3) is 4.15. The Bertz CT molecular complexity index is 1530. The zero-order valence-corrected chi connectivity index (χ0v) is 19.2. The predicted octanol–water partition coefficient (Wildman–Crippen LogP) is 8.80. The quantitative estimate of drug-likeness (QED) is 0.235. The summed E-state index contributed by atoms with van der Waals surface area (Å²) in [6, 6.07) is 30.5. The number of benzene rings is 3. The second-order valence-corrected chi connectivity index (χ2v) is 8.18. The fourth-order valence-electron chi connectivity index (χ4n) is 3.67. The molecule has 2 heterocycles. The molecule has 0 radical (unpaired) electrons. The van der Waals surface area contributed by atoms with Crippen LogP contribution in [0.1, 0.15) is 11.3 Å². The molecule has 5 rings (SSSR count). The molecule has 4 nitrogen and oxygen atoms in total. The Labute approximate surface area is 206 Å². The zero-order chi connectivity index (χ0) is 23.5. The molecule has 0 atom stereocenters. The van der Waals surface area contributed by atoms with E-state index in [0.717, 1.165) is 11.1 Å². The third-order valence-corrected chi connectivity index (χ3v) is 6.07. The van der Waals surface area contributed by atoms with E-state index < -0.39 is 0 Å². The number of hydrogen-bond donors (Lipinski definition) is 0. The van der Waals surface area contributed by atoms with Gasteiger partial charge in [0.2, 0.25) is 5.88 Å². The molecule has 0 aliphatic rings. The van der Waals surface area contributed by atoms with Crippen LogP contribution >= 0.6 is 23.2 Å². The average Bonchev–Trinajstić information content (AvgIpc) is 3.50. The van der Waals surface area contributed by atoms with Gasteiger partial charge >= 0.3 is 0 Å². The summed E-state index contributed by atoms with van der Waals surface area (Å²) in [6.45, 7) is 0. The summed E-state index contributed by atoms with van der Waals surface area (Å²) in [7, 11) is 0. The predicted molar refractivity (Wildman–Crippen MR) is 136 cm³/mol. The number of nitriles is 1. The number of halogens is 2. The van der Waals surface area contributed by atoms with Crippen LogP contribution in [0.15, 0.2) is 105 Å². The highest BCUT2D eigenvalue weighted by molar-refractivity contribution is 6.43. The lowest BCUT2D eigenvalue weighted by Gasteiger charge is -2.03. The molecule has 0 aliphatic carbocycles. The van der Waals surface area contributed by atoms with Crippen LogP contribution in [0, 0.1) is 11.3 Å². The van der Waals surface area contributed by atoms with E-state index in [-0.39, 0.29) is 5.88 Å². The van der Waals surface area contributed by atoms with Gasteiger partial charge in [-0.05, 0) is 29.8 Å². The van der Waals surface area contributed by atoms with Crippen molar-refractivity contribution in [1.29, 1.82) is 5.26 Å². The molecule has 0 N–H and O–H groups in total. The molecule has 0 saturated heterocycles. The summed E-state index contributed by atoms with van der Waals surface area (Å²) >= 11 is 12.4. The molecule has 0 spiro atoms. The highest BCUT2D eigenvalue weighted by Gasteiger charge is 2.22. The van der Waals surface area contributed by atoms with E-state index in [0.29, 0.717) is 44.0 Å². The number of hydrogen-bond acceptors (Lipinski definition) is 4. The number of nitrogens with zero attached hydrogens (tertiary/aromatic N) is 2. The lowest BCUT2D eigenvalue weighted by atomic mass is 9.98. The maximum atomic E-state index is 9.99. The molecule has 3 aromatic carbocycles. The largest absolute Gasteiger partial charge is 0.455 e. The molecular weight excluding hydrogens is 467 g/mol. The van der Waals surface area contributed by atoms with Crippen molar-refractivity contribution in [2.75, 3.05) is 0 Å². The van der Waals surface area contributed by atoms with Gasteiger partial charge in [0.1, 0.15) is 28.9 Å². The van der Waals surface area contributed by atoms with E-state index in [4.69, 9.17) is 32.0 Å². The first-order valence-corrected chi connectivity index (χ1v) is 11.2. The van der Waals surface area contributed by atoms with Crippen LogP contribution < -0.4 is 0 Å². The highest BCUT2D eigenvalue weighted by Crippen LogP contribution is 2.42. The maximum absolute atomic E-state index is 9.99. The van der Waals surface area contributed by atoms with Crippen LogP contribution in [0.3, 0.4) is 0 Å². The number of rotatable bonds is 5. The van der Waals surface area contributed by atoms with Crippen LogP contribution in [0.2, 0.25) is 10.0 Å². The van der Waals surface area contributed by atoms with E-state index in [1.165, 1.54) is 6.21 Å². The first-order valence-electron chi connectivity index (χ1n) is 10.4. The molecular formula is C28H16Cl2N2O2. The van der Waals surface area contributed by atoms with Crippen molar-refractivity contribution in [2.24, 2.45) is 4.99 Å². The summed E-state index contributed by atoms with van der Waals surface area (Å²) in [6.07, 6.45) is 1.52. The van der Waals surface area contributed by atoms with E-state index in [1.807, 2.05) is 66.7 Å². The van der Waals surface area contributed by atoms with E-state index >= 15 is 0 Å². The van der Waals surface area contributed by atoms with Crippen molar-refractivity contribution in [3.05, 3.63) is 112 Å². The van der Waals surface area contributed by atoms with Gasteiger partial charge in [-0.3, -0.25) is 0 Å². The van der Waals surface area contributed by atoms with E-state index in [2.05, 4.69) is 11.1 Å². The van der Waals surface area contributed by atoms with Crippen molar-refractivity contribution < 1.29 is 8.83 Å². The molecule has 34 heavy (non-hydrogen) atoms.